The molecule has 9 heteroatoms. The smallest absolute Gasteiger partial charge is 0.254 e. The van der Waals surface area contributed by atoms with Crippen molar-refractivity contribution in [3.63, 3.8) is 0 Å². The number of carbonyl (C=O) groups is 2. The number of hydrogen-bond acceptors (Lipinski definition) is 4. The molecule has 5 nitrogen and oxygen atoms in total. The van der Waals surface area contributed by atoms with Crippen molar-refractivity contribution < 1.29 is 27.9 Å². The lowest BCUT2D eigenvalue weighted by molar-refractivity contribution is -0.121. The van der Waals surface area contributed by atoms with Crippen LogP contribution in [0.4, 0.5) is 13.2 Å². The quantitative estimate of drug-likeness (QED) is 0.441. The van der Waals surface area contributed by atoms with Crippen LogP contribution in [0.2, 0.25) is 0 Å². The second kappa shape index (κ2) is 11.4. The summed E-state index contributed by atoms with van der Waals surface area (Å²) in [6, 6.07) is 6.60. The summed E-state index contributed by atoms with van der Waals surface area (Å²) in [5.41, 5.74) is 0.000949. The Morgan fingerprint density at radius 2 is 1.85 bits per heavy atom. The Kier molecular flexibility index (Phi) is 8.88. The molecule has 3 rings (SSSR count). The van der Waals surface area contributed by atoms with Gasteiger partial charge in [-0.1, -0.05) is 6.07 Å². The van der Waals surface area contributed by atoms with E-state index in [2.05, 4.69) is 0 Å². The number of nitrogens with zero attached hydrogens (tertiary/aromatic N) is 2. The molecule has 1 aliphatic rings. The number of likely N-dealkylation sites (N-methyl/N-ethyl adjacent to an activating group) is 1. The molecule has 0 unspecified atom stereocenters. The number of Topliss-reactive ketones (excluding diaryl/α,β-unsaturated/α-hetero) is 1. The normalized spacial score (nSPS) is 14.0. The van der Waals surface area contributed by atoms with E-state index in [4.69, 9.17) is 5.11 Å². The van der Waals surface area contributed by atoms with Crippen molar-refractivity contribution >= 4 is 34.3 Å². The fourth-order valence-electron chi connectivity index (χ4n) is 3.88. The van der Waals surface area contributed by atoms with Gasteiger partial charge in [-0.15, -0.1) is 0 Å². The van der Waals surface area contributed by atoms with Crippen LogP contribution in [-0.2, 0) is 11.2 Å². The van der Waals surface area contributed by atoms with Gasteiger partial charge in [-0.2, -0.15) is 0 Å². The Bertz CT molecular complexity index is 1030. The number of carbonyl (C=O) groups excluding carboxylic acids is 2. The Labute approximate surface area is 204 Å². The maximum Gasteiger partial charge on any atom is 0.254 e. The molecule has 178 valence electrons. The highest BCUT2D eigenvalue weighted by atomic mass is 127. The Hall–Kier alpha value is -1.98. The topological polar surface area (TPSA) is 60.9 Å². The summed E-state index contributed by atoms with van der Waals surface area (Å²) in [6.45, 7) is 1.80. The first-order valence-electron chi connectivity index (χ1n) is 10.7. The van der Waals surface area contributed by atoms with Crippen LogP contribution in [-0.4, -0.2) is 66.4 Å². The van der Waals surface area contributed by atoms with E-state index < -0.39 is 23.4 Å². The van der Waals surface area contributed by atoms with Crippen molar-refractivity contribution in [2.24, 2.45) is 5.92 Å². The molecule has 1 saturated heterocycles. The Morgan fingerprint density at radius 3 is 2.52 bits per heavy atom. The van der Waals surface area contributed by atoms with Gasteiger partial charge in [0.2, 0.25) is 0 Å². The maximum atomic E-state index is 14.6. The van der Waals surface area contributed by atoms with Crippen LogP contribution in [0.1, 0.15) is 34.3 Å². The summed E-state index contributed by atoms with van der Waals surface area (Å²) in [6.07, 6.45) is 0.468. The first-order chi connectivity index (χ1) is 15.7. The van der Waals surface area contributed by atoms with Crippen molar-refractivity contribution in [2.75, 3.05) is 39.8 Å². The van der Waals surface area contributed by atoms with E-state index in [0.29, 0.717) is 42.6 Å². The summed E-state index contributed by atoms with van der Waals surface area (Å²) >= 11 is 1.95. The van der Waals surface area contributed by atoms with E-state index in [0.717, 1.165) is 6.07 Å². The Balaban J connectivity index is 1.64. The van der Waals surface area contributed by atoms with Gasteiger partial charge in [0, 0.05) is 66.1 Å². The van der Waals surface area contributed by atoms with E-state index in [-0.39, 0.29) is 41.4 Å². The maximum absolute atomic E-state index is 14.6. The predicted molar refractivity (Wildman–Crippen MR) is 126 cm³/mol. The highest BCUT2D eigenvalue weighted by molar-refractivity contribution is 14.1. The van der Waals surface area contributed by atoms with Gasteiger partial charge in [0.25, 0.3) is 5.91 Å². The molecule has 2 aromatic carbocycles. The number of aliphatic hydroxyl groups excluding tert-OH is 1. The minimum absolute atomic E-state index is 0.00209. The van der Waals surface area contributed by atoms with Crippen molar-refractivity contribution in [1.29, 1.82) is 0 Å². The molecular formula is C24H26F3IN2O3. The molecule has 0 aliphatic carbocycles. The van der Waals surface area contributed by atoms with E-state index in [9.17, 15) is 22.8 Å². The molecule has 2 aromatic rings. The number of hydrogen-bond donors (Lipinski definition) is 1. The van der Waals surface area contributed by atoms with Gasteiger partial charge in [0.15, 0.2) is 11.6 Å². The van der Waals surface area contributed by atoms with Gasteiger partial charge in [0.1, 0.15) is 11.6 Å². The molecule has 1 aliphatic heterocycles. The van der Waals surface area contributed by atoms with Crippen molar-refractivity contribution in [1.82, 2.24) is 9.80 Å². The van der Waals surface area contributed by atoms with Gasteiger partial charge in [-0.25, -0.2) is 13.2 Å². The standard InChI is InChI=1S/C24H26F3IN2O3/c1-29(8-9-31)7-6-18(32)10-15-13-30(14-15)24(33)19-4-5-21(25)23(27)20(19)11-16-2-3-17(28)12-22(16)26/h2-5,12,15,31H,6-11,13-14H2,1H3. The highest BCUT2D eigenvalue weighted by Crippen LogP contribution is 2.27. The number of amides is 1. The third-order valence-corrected chi connectivity index (χ3v) is 6.49. The van der Waals surface area contributed by atoms with Crippen molar-refractivity contribution in [3.8, 4) is 0 Å². The molecule has 1 heterocycles. The first-order valence-corrected chi connectivity index (χ1v) is 11.8. The monoisotopic (exact) mass is 574 g/mol. The van der Waals surface area contributed by atoms with Gasteiger partial charge in [0.05, 0.1) is 6.61 Å². The number of benzene rings is 2. The second-order valence-corrected chi connectivity index (χ2v) is 9.64. The average molecular weight is 574 g/mol. The van der Waals surface area contributed by atoms with E-state index in [1.54, 1.807) is 6.07 Å². The summed E-state index contributed by atoms with van der Waals surface area (Å²) < 4.78 is 43.5. The average Bonchev–Trinajstić information content (AvgIpc) is 2.74. The summed E-state index contributed by atoms with van der Waals surface area (Å²) in [5.74, 6) is -3.15. The first kappa shape index (κ1) is 25.6. The van der Waals surface area contributed by atoms with Crippen LogP contribution in [0, 0.1) is 26.9 Å². The van der Waals surface area contributed by atoms with Crippen molar-refractivity contribution in [3.05, 3.63) is 68.0 Å². The molecule has 0 spiro atoms. The predicted octanol–water partition coefficient (Wildman–Crippen LogP) is 3.64. The molecule has 0 bridgehead atoms. The zero-order chi connectivity index (χ0) is 24.1. The molecule has 1 fully saturated rings. The van der Waals surface area contributed by atoms with Crippen molar-refractivity contribution in [2.45, 2.75) is 19.3 Å². The number of rotatable bonds is 10. The molecular weight excluding hydrogens is 548 g/mol. The third-order valence-electron chi connectivity index (χ3n) is 5.82. The van der Waals surface area contributed by atoms with Crippen LogP contribution in [0.25, 0.3) is 0 Å². The lowest BCUT2D eigenvalue weighted by Gasteiger charge is -2.39. The van der Waals surface area contributed by atoms with Gasteiger partial charge in [-0.3, -0.25) is 9.59 Å². The summed E-state index contributed by atoms with van der Waals surface area (Å²) in [5, 5.41) is 8.90. The molecule has 1 N–H and O–H groups in total. The molecule has 0 aromatic heterocycles. The van der Waals surface area contributed by atoms with Gasteiger partial charge in [-0.05, 0) is 59.5 Å². The van der Waals surface area contributed by atoms with Crippen LogP contribution in [0.3, 0.4) is 0 Å². The largest absolute Gasteiger partial charge is 0.395 e. The minimum Gasteiger partial charge on any atom is -0.395 e. The lowest BCUT2D eigenvalue weighted by atomic mass is 9.91. The highest BCUT2D eigenvalue weighted by Gasteiger charge is 2.34. The fraction of sp³-hybridized carbons (Fsp3) is 0.417. The molecule has 0 atom stereocenters. The van der Waals surface area contributed by atoms with Gasteiger partial charge >= 0.3 is 0 Å². The van der Waals surface area contributed by atoms with Crippen LogP contribution < -0.4 is 0 Å². The van der Waals surface area contributed by atoms with Gasteiger partial charge < -0.3 is 14.9 Å². The van der Waals surface area contributed by atoms with Crippen LogP contribution >= 0.6 is 22.6 Å². The summed E-state index contributed by atoms with van der Waals surface area (Å²) in [4.78, 5) is 28.5. The Morgan fingerprint density at radius 1 is 1.12 bits per heavy atom. The second-order valence-electron chi connectivity index (χ2n) is 8.40. The van der Waals surface area contributed by atoms with Crippen LogP contribution in [0.15, 0.2) is 30.3 Å². The van der Waals surface area contributed by atoms with E-state index in [1.807, 2.05) is 34.5 Å². The molecule has 1 amide bonds. The number of likely N-dealkylation sites (tertiary alicyclic amines) is 1. The molecule has 0 radical (unpaired) electrons. The van der Waals surface area contributed by atoms with Crippen LogP contribution in [0.5, 0.6) is 0 Å². The number of aliphatic hydroxyl groups is 1. The number of ketones is 1. The SMILES string of the molecule is CN(CCO)CCC(=O)CC1CN(C(=O)c2ccc(F)c(F)c2Cc2ccc(I)cc2F)C1. The summed E-state index contributed by atoms with van der Waals surface area (Å²) in [7, 11) is 1.83. The molecule has 33 heavy (non-hydrogen) atoms. The number of halogens is 4. The fourth-order valence-corrected chi connectivity index (χ4v) is 4.33. The molecule has 0 saturated carbocycles. The van der Waals surface area contributed by atoms with E-state index in [1.165, 1.54) is 23.1 Å². The minimum atomic E-state index is -1.15. The zero-order valence-corrected chi connectivity index (χ0v) is 20.4. The lowest BCUT2D eigenvalue weighted by Crippen LogP contribution is -2.50. The van der Waals surface area contributed by atoms with E-state index >= 15 is 0 Å². The zero-order valence-electron chi connectivity index (χ0n) is 18.3. The third kappa shape index (κ3) is 6.54.